The monoisotopic (exact) mass is 387 g/mol. The first-order valence-electron chi connectivity index (χ1n) is 11.5. The summed E-state index contributed by atoms with van der Waals surface area (Å²) in [4.78, 5) is 0. The zero-order chi connectivity index (χ0) is 19.3. The molecule has 0 saturated heterocycles. The maximum Gasteiger partial charge on any atom is 0.0222 e. The zero-order valence-corrected chi connectivity index (χ0v) is 18.6. The molecular weight excluding hydrogens is 344 g/mol. The van der Waals surface area contributed by atoms with Gasteiger partial charge in [-0.05, 0) is 44.5 Å². The van der Waals surface area contributed by atoms with Crippen LogP contribution in [0.15, 0.2) is 30.3 Å². The molecule has 3 heteroatoms. The first kappa shape index (κ1) is 24.4. The lowest BCUT2D eigenvalue weighted by atomic mass is 10.1. The minimum atomic E-state index is 1.01. The molecule has 1 aromatic rings. The number of unbranched alkanes of at least 4 members (excludes halogenated alkanes) is 11. The van der Waals surface area contributed by atoms with Crippen LogP contribution in [0.1, 0.15) is 89.0 Å². The Morgan fingerprint density at radius 3 is 1.48 bits per heavy atom. The van der Waals surface area contributed by atoms with E-state index < -0.39 is 0 Å². The van der Waals surface area contributed by atoms with Crippen LogP contribution in [0.5, 0.6) is 0 Å². The highest BCUT2D eigenvalue weighted by atomic mass is 28.1. The van der Waals surface area contributed by atoms with Crippen LogP contribution < -0.4 is 10.6 Å². The minimum absolute atomic E-state index is 1.01. The molecule has 2 N–H and O–H groups in total. The Bertz CT molecular complexity index is 397. The Hall–Kier alpha value is -0.643. The highest BCUT2D eigenvalue weighted by molar-refractivity contribution is 6.08. The molecule has 0 heterocycles. The number of hydrogen-bond donors (Lipinski definition) is 2. The molecule has 3 radical (unpaired) electrons. The topological polar surface area (TPSA) is 24.1 Å². The fraction of sp³-hybridized carbons (Fsp3) is 0.750. The van der Waals surface area contributed by atoms with Crippen molar-refractivity contribution in [3.63, 3.8) is 0 Å². The van der Waals surface area contributed by atoms with Crippen LogP contribution in [0.4, 0.5) is 0 Å². The van der Waals surface area contributed by atoms with Gasteiger partial charge in [0.2, 0.25) is 0 Å². The third-order valence-electron chi connectivity index (χ3n) is 5.16. The van der Waals surface area contributed by atoms with Crippen molar-refractivity contribution in [2.24, 2.45) is 0 Å². The predicted octanol–water partition coefficient (Wildman–Crippen LogP) is 6.02. The van der Waals surface area contributed by atoms with Gasteiger partial charge >= 0.3 is 0 Å². The normalized spacial score (nSPS) is 11.1. The highest BCUT2D eigenvalue weighted by Gasteiger charge is 1.95. The maximum atomic E-state index is 3.55. The smallest absolute Gasteiger partial charge is 0.0222 e. The highest BCUT2D eigenvalue weighted by Crippen LogP contribution is 2.11. The average molecular weight is 388 g/mol. The quantitative estimate of drug-likeness (QED) is 0.211. The summed E-state index contributed by atoms with van der Waals surface area (Å²) in [6.07, 6.45) is 18.2. The number of nitrogens with one attached hydrogen (secondary N) is 2. The molecule has 153 valence electrons. The van der Waals surface area contributed by atoms with Gasteiger partial charge in [-0.25, -0.2) is 0 Å². The standard InChI is InChI=1S/C24H43N2Si/c27-22-16-21-25-19-14-9-7-5-3-1-2-4-6-8-10-15-20-26-23-24-17-12-11-13-18-24/h11-13,17-18,25-26H,1-10,14-16,19-23H2. The molecule has 0 unspecified atom stereocenters. The van der Waals surface area contributed by atoms with Crippen LogP contribution >= 0.6 is 0 Å². The molecule has 0 aliphatic rings. The summed E-state index contributed by atoms with van der Waals surface area (Å²) in [7, 11) is 3.51. The summed E-state index contributed by atoms with van der Waals surface area (Å²) in [5, 5.41) is 7.05. The first-order chi connectivity index (χ1) is 13.4. The van der Waals surface area contributed by atoms with Crippen molar-refractivity contribution in [2.45, 2.75) is 96.1 Å². The van der Waals surface area contributed by atoms with Gasteiger partial charge in [0.25, 0.3) is 0 Å². The summed E-state index contributed by atoms with van der Waals surface area (Å²) in [5.74, 6) is 0. The molecule has 0 aromatic heterocycles. The van der Waals surface area contributed by atoms with Gasteiger partial charge in [0, 0.05) is 16.8 Å². The van der Waals surface area contributed by atoms with Gasteiger partial charge in [0.15, 0.2) is 0 Å². The van der Waals surface area contributed by atoms with Crippen molar-refractivity contribution in [2.75, 3.05) is 19.6 Å². The summed E-state index contributed by atoms with van der Waals surface area (Å²) in [6.45, 7) is 4.52. The largest absolute Gasteiger partial charge is 0.317 e. The van der Waals surface area contributed by atoms with Crippen molar-refractivity contribution >= 4 is 10.2 Å². The van der Waals surface area contributed by atoms with Gasteiger partial charge in [-0.3, -0.25) is 0 Å². The summed E-state index contributed by atoms with van der Waals surface area (Å²) < 4.78 is 0. The van der Waals surface area contributed by atoms with Crippen molar-refractivity contribution in [3.05, 3.63) is 35.9 Å². The third-order valence-corrected chi connectivity index (χ3v) is 5.51. The second kappa shape index (κ2) is 20.1. The molecule has 0 aliphatic heterocycles. The fourth-order valence-electron chi connectivity index (χ4n) is 3.43. The van der Waals surface area contributed by atoms with Gasteiger partial charge in [0.05, 0.1) is 0 Å². The van der Waals surface area contributed by atoms with Gasteiger partial charge < -0.3 is 10.6 Å². The molecule has 0 atom stereocenters. The zero-order valence-electron chi connectivity index (χ0n) is 17.6. The van der Waals surface area contributed by atoms with E-state index in [2.05, 4.69) is 51.2 Å². The van der Waals surface area contributed by atoms with E-state index in [-0.39, 0.29) is 0 Å². The second-order valence-electron chi connectivity index (χ2n) is 7.76. The molecule has 2 nitrogen and oxygen atoms in total. The molecular formula is C24H43N2Si. The van der Waals surface area contributed by atoms with Gasteiger partial charge in [-0.2, -0.15) is 0 Å². The molecule has 0 spiro atoms. The Kier molecular flexibility index (Phi) is 18.2. The lowest BCUT2D eigenvalue weighted by Gasteiger charge is -2.05. The average Bonchev–Trinajstić information content (AvgIpc) is 2.70. The molecule has 0 aliphatic carbocycles. The fourth-order valence-corrected chi connectivity index (χ4v) is 3.61. The summed E-state index contributed by atoms with van der Waals surface area (Å²) >= 11 is 0. The van der Waals surface area contributed by atoms with E-state index in [1.54, 1.807) is 0 Å². The van der Waals surface area contributed by atoms with Crippen molar-refractivity contribution < 1.29 is 0 Å². The maximum absolute atomic E-state index is 3.55. The molecule has 0 saturated carbocycles. The van der Waals surface area contributed by atoms with Gasteiger partial charge in [-0.1, -0.05) is 101 Å². The lowest BCUT2D eigenvalue weighted by Crippen LogP contribution is -2.16. The predicted molar refractivity (Wildman–Crippen MR) is 122 cm³/mol. The van der Waals surface area contributed by atoms with Crippen molar-refractivity contribution in [1.29, 1.82) is 0 Å². The molecule has 1 rings (SSSR count). The van der Waals surface area contributed by atoms with Gasteiger partial charge in [-0.15, -0.1) is 0 Å². The Labute approximate surface area is 172 Å². The third kappa shape index (κ3) is 17.2. The Morgan fingerprint density at radius 2 is 0.963 bits per heavy atom. The van der Waals surface area contributed by atoms with E-state index >= 15 is 0 Å². The van der Waals surface area contributed by atoms with E-state index in [1.807, 2.05) is 0 Å². The SMILES string of the molecule is [Si]CCCNCCCCCCCCCCCCCCNCc1ccccc1. The molecule has 0 bridgehead atoms. The van der Waals surface area contributed by atoms with Crippen molar-refractivity contribution in [1.82, 2.24) is 10.6 Å². The van der Waals surface area contributed by atoms with Crippen LogP contribution in [-0.2, 0) is 6.54 Å². The number of benzene rings is 1. The van der Waals surface area contributed by atoms with E-state index in [4.69, 9.17) is 0 Å². The Morgan fingerprint density at radius 1 is 0.519 bits per heavy atom. The lowest BCUT2D eigenvalue weighted by molar-refractivity contribution is 0.528. The van der Waals surface area contributed by atoms with E-state index in [0.717, 1.165) is 25.7 Å². The molecule has 0 amide bonds. The van der Waals surface area contributed by atoms with Crippen molar-refractivity contribution in [3.8, 4) is 0 Å². The van der Waals surface area contributed by atoms with Crippen LogP contribution in [0.2, 0.25) is 6.04 Å². The van der Waals surface area contributed by atoms with Crippen LogP contribution in [0.25, 0.3) is 0 Å². The van der Waals surface area contributed by atoms with E-state index in [0.29, 0.717) is 0 Å². The number of hydrogen-bond acceptors (Lipinski definition) is 2. The van der Waals surface area contributed by atoms with Crippen LogP contribution in [-0.4, -0.2) is 29.9 Å². The molecule has 27 heavy (non-hydrogen) atoms. The second-order valence-corrected chi connectivity index (χ2v) is 8.26. The first-order valence-corrected chi connectivity index (χ1v) is 12.2. The number of rotatable bonds is 20. The molecule has 1 aromatic carbocycles. The summed E-state index contributed by atoms with van der Waals surface area (Å²) in [5.41, 5.74) is 1.39. The van der Waals surface area contributed by atoms with E-state index in [9.17, 15) is 0 Å². The van der Waals surface area contributed by atoms with Crippen LogP contribution in [0, 0.1) is 0 Å². The van der Waals surface area contributed by atoms with Gasteiger partial charge in [0.1, 0.15) is 0 Å². The van der Waals surface area contributed by atoms with Crippen LogP contribution in [0.3, 0.4) is 0 Å². The molecule has 0 fully saturated rings. The summed E-state index contributed by atoms with van der Waals surface area (Å²) in [6, 6.07) is 11.8. The Balaban J connectivity index is 1.67. The minimum Gasteiger partial charge on any atom is -0.317 e. The van der Waals surface area contributed by atoms with E-state index in [1.165, 1.54) is 95.6 Å².